The minimum Gasteiger partial charge on any atom is -0.394 e. The highest BCUT2D eigenvalue weighted by atomic mass is 16.7. The van der Waals surface area contributed by atoms with E-state index in [1.165, 1.54) is 6.20 Å². The highest BCUT2D eigenvalue weighted by molar-refractivity contribution is 5.07. The minimum atomic E-state index is -1.94. The van der Waals surface area contributed by atoms with Gasteiger partial charge in [-0.1, -0.05) is 5.21 Å². The normalized spacial score (nSPS) is 48.5. The van der Waals surface area contributed by atoms with Crippen LogP contribution in [-0.2, 0) is 23.7 Å². The average molecular weight is 641 g/mol. The van der Waals surface area contributed by atoms with E-state index in [2.05, 4.69) is 15.6 Å². The number of aromatic nitrogens is 3. The van der Waals surface area contributed by atoms with Gasteiger partial charge in [0.1, 0.15) is 78.9 Å². The predicted molar refractivity (Wildman–Crippen MR) is 136 cm³/mol. The van der Waals surface area contributed by atoms with E-state index in [9.17, 15) is 56.2 Å². The van der Waals surface area contributed by atoms with Crippen molar-refractivity contribution in [1.82, 2.24) is 20.3 Å². The Kier molecular flexibility index (Phi) is 10.8. The number of aliphatic hydroxyl groups excluding tert-OH is 11. The van der Waals surface area contributed by atoms with Crippen LogP contribution in [-0.4, -0.2) is 189 Å². The molecular weight excluding hydrogens is 600 g/mol. The third-order valence-electron chi connectivity index (χ3n) is 8.39. The van der Waals surface area contributed by atoms with E-state index in [-0.39, 0.29) is 0 Å². The molecule has 4 aliphatic heterocycles. The van der Waals surface area contributed by atoms with E-state index < -0.39 is 124 Å². The molecule has 0 bridgehead atoms. The number of aliphatic hydroxyl groups is 11. The third kappa shape index (κ3) is 6.37. The molecule has 17 atom stereocenters. The summed E-state index contributed by atoms with van der Waals surface area (Å²) >= 11 is 0. The van der Waals surface area contributed by atoms with E-state index >= 15 is 0 Å². The van der Waals surface area contributed by atoms with Crippen LogP contribution in [0, 0.1) is 0 Å². The first kappa shape index (κ1) is 33.8. The Bertz CT molecular complexity index is 1070. The standard InChI is InChI=1S/C24H40N4O16/c29-4-9-13(33)16(36)17(37)23(41-9)44-21-15(35)11(6-31)42-24(19(21)39)43-20-14(34)10(5-30)40-22(18(20)38)28-3-7(26-27-28)12-8(32)1-2-25-12/h3,8-25,29-39H,1-2,4-6H2/t8-,9+,10+,11+,12+,13+,14+,15+,16-,17+,18+,19+,20-,21-,22+,23-,24-/m0/s1. The summed E-state index contributed by atoms with van der Waals surface area (Å²) in [5, 5.41) is 125. The van der Waals surface area contributed by atoms with Gasteiger partial charge in [0.25, 0.3) is 0 Å². The molecule has 0 spiro atoms. The summed E-state index contributed by atoms with van der Waals surface area (Å²) in [6, 6.07) is -0.524. The van der Waals surface area contributed by atoms with Crippen LogP contribution in [0.2, 0.25) is 0 Å². The Hall–Kier alpha value is -1.54. The number of hydrogen-bond donors (Lipinski definition) is 12. The Labute approximate surface area is 249 Å². The highest BCUT2D eigenvalue weighted by Crippen LogP contribution is 2.35. The molecule has 20 heteroatoms. The molecule has 4 fully saturated rings. The monoisotopic (exact) mass is 640 g/mol. The largest absolute Gasteiger partial charge is 0.394 e. The van der Waals surface area contributed by atoms with Crippen LogP contribution < -0.4 is 5.32 Å². The fourth-order valence-corrected chi connectivity index (χ4v) is 5.81. The second kappa shape index (κ2) is 14.1. The van der Waals surface area contributed by atoms with Crippen molar-refractivity contribution >= 4 is 0 Å². The smallest absolute Gasteiger partial charge is 0.187 e. The molecule has 4 aliphatic rings. The fraction of sp³-hybridized carbons (Fsp3) is 0.917. The van der Waals surface area contributed by atoms with Crippen LogP contribution in [0.15, 0.2) is 6.20 Å². The quantitative estimate of drug-likeness (QED) is 0.119. The molecule has 44 heavy (non-hydrogen) atoms. The van der Waals surface area contributed by atoms with E-state index in [4.69, 9.17) is 23.7 Å². The molecule has 1 aromatic rings. The molecule has 5 heterocycles. The maximum Gasteiger partial charge on any atom is 0.187 e. The van der Waals surface area contributed by atoms with Gasteiger partial charge in [0.05, 0.1) is 38.2 Å². The van der Waals surface area contributed by atoms with Gasteiger partial charge in [-0.05, 0) is 13.0 Å². The van der Waals surface area contributed by atoms with E-state index in [1.54, 1.807) is 0 Å². The van der Waals surface area contributed by atoms with Crippen LogP contribution in [0.3, 0.4) is 0 Å². The van der Waals surface area contributed by atoms with Gasteiger partial charge in [0.15, 0.2) is 18.8 Å². The van der Waals surface area contributed by atoms with Crippen LogP contribution in [0.4, 0.5) is 0 Å². The topological polar surface area (TPSA) is 311 Å². The van der Waals surface area contributed by atoms with Crippen molar-refractivity contribution in [3.63, 3.8) is 0 Å². The van der Waals surface area contributed by atoms with E-state index in [1.807, 2.05) is 0 Å². The summed E-state index contributed by atoms with van der Waals surface area (Å²) in [7, 11) is 0. The Morgan fingerprint density at radius 2 is 1.25 bits per heavy atom. The van der Waals surface area contributed by atoms with Gasteiger partial charge < -0.3 is 85.2 Å². The first-order valence-corrected chi connectivity index (χ1v) is 14.2. The molecule has 5 rings (SSSR count). The molecule has 20 nitrogen and oxygen atoms in total. The summed E-state index contributed by atoms with van der Waals surface area (Å²) in [4.78, 5) is 0. The highest BCUT2D eigenvalue weighted by Gasteiger charge is 2.54. The van der Waals surface area contributed by atoms with Crippen LogP contribution in [0.1, 0.15) is 24.4 Å². The number of nitrogens with one attached hydrogen (secondary N) is 1. The molecule has 0 aliphatic carbocycles. The maximum absolute atomic E-state index is 11.2. The number of hydrogen-bond acceptors (Lipinski definition) is 19. The zero-order chi connectivity index (χ0) is 31.9. The second-order valence-corrected chi connectivity index (χ2v) is 11.2. The molecule has 0 unspecified atom stereocenters. The van der Waals surface area contributed by atoms with E-state index in [0.29, 0.717) is 18.7 Å². The van der Waals surface area contributed by atoms with Gasteiger partial charge in [0, 0.05) is 0 Å². The summed E-state index contributed by atoms with van der Waals surface area (Å²) in [5.74, 6) is 0. The zero-order valence-corrected chi connectivity index (χ0v) is 23.2. The summed E-state index contributed by atoms with van der Waals surface area (Å²) in [6.45, 7) is -1.79. The Morgan fingerprint density at radius 1 is 0.705 bits per heavy atom. The molecule has 12 N–H and O–H groups in total. The van der Waals surface area contributed by atoms with Crippen LogP contribution >= 0.6 is 0 Å². The summed E-state index contributed by atoms with van der Waals surface area (Å²) < 4.78 is 28.9. The molecular formula is C24H40N4O16. The maximum atomic E-state index is 11.2. The minimum absolute atomic E-state index is 0.342. The lowest BCUT2D eigenvalue weighted by atomic mass is 9.95. The van der Waals surface area contributed by atoms with Gasteiger partial charge in [-0.15, -0.1) is 5.10 Å². The molecule has 0 aromatic carbocycles. The van der Waals surface area contributed by atoms with Gasteiger partial charge in [0.2, 0.25) is 0 Å². The summed E-state index contributed by atoms with van der Waals surface area (Å²) in [6.07, 6.45) is -23.9. The molecule has 4 saturated heterocycles. The van der Waals surface area contributed by atoms with Crippen molar-refractivity contribution < 1.29 is 79.9 Å². The predicted octanol–water partition coefficient (Wildman–Crippen LogP) is -7.71. The fourth-order valence-electron chi connectivity index (χ4n) is 5.81. The summed E-state index contributed by atoms with van der Waals surface area (Å²) in [5.41, 5.74) is 0.342. The second-order valence-electron chi connectivity index (χ2n) is 11.2. The first-order chi connectivity index (χ1) is 21.0. The molecule has 0 saturated carbocycles. The molecule has 1 aromatic heterocycles. The average Bonchev–Trinajstić information content (AvgIpc) is 3.67. The van der Waals surface area contributed by atoms with Crippen molar-refractivity contribution in [2.45, 2.75) is 111 Å². The number of nitrogens with zero attached hydrogens (tertiary/aromatic N) is 3. The van der Waals surface area contributed by atoms with Gasteiger partial charge in [-0.3, -0.25) is 0 Å². The van der Waals surface area contributed by atoms with Crippen molar-refractivity contribution in [2.75, 3.05) is 26.4 Å². The lowest BCUT2D eigenvalue weighted by Gasteiger charge is -2.48. The van der Waals surface area contributed by atoms with E-state index in [0.717, 1.165) is 4.68 Å². The number of ether oxygens (including phenoxy) is 5. The Morgan fingerprint density at radius 3 is 1.82 bits per heavy atom. The van der Waals surface area contributed by atoms with Crippen LogP contribution in [0.25, 0.3) is 0 Å². The molecule has 252 valence electrons. The van der Waals surface area contributed by atoms with Crippen molar-refractivity contribution in [3.8, 4) is 0 Å². The SMILES string of the molecule is OC[C@H]1O[C@@H](O[C@@H]2[C@@H](O)[C@H](O[C@@H]3[C@@H](O)[C@H](n4cc([C@H]5NCC[C@@H]5O)nn4)O[C@H](CO)[C@H]3O)O[C@H](CO)[C@H]2O)[C@H](O)[C@@H](O)[C@@H]1O. The number of rotatable bonds is 9. The van der Waals surface area contributed by atoms with Gasteiger partial charge in [-0.25, -0.2) is 4.68 Å². The first-order valence-electron chi connectivity index (χ1n) is 14.2. The van der Waals surface area contributed by atoms with Crippen molar-refractivity contribution in [2.24, 2.45) is 0 Å². The molecule has 0 amide bonds. The zero-order valence-electron chi connectivity index (χ0n) is 23.2. The van der Waals surface area contributed by atoms with Crippen LogP contribution in [0.5, 0.6) is 0 Å². The lowest BCUT2D eigenvalue weighted by Crippen LogP contribution is -2.66. The van der Waals surface area contributed by atoms with Crippen molar-refractivity contribution in [3.05, 3.63) is 11.9 Å². The lowest BCUT2D eigenvalue weighted by molar-refractivity contribution is -0.376. The Balaban J connectivity index is 1.34. The third-order valence-corrected chi connectivity index (χ3v) is 8.39. The molecule has 0 radical (unpaired) electrons. The van der Waals surface area contributed by atoms with Gasteiger partial charge in [-0.2, -0.15) is 0 Å². The van der Waals surface area contributed by atoms with Gasteiger partial charge >= 0.3 is 0 Å². The van der Waals surface area contributed by atoms with Crippen molar-refractivity contribution in [1.29, 1.82) is 0 Å².